The molecule has 1 N–H and O–H groups in total. The lowest BCUT2D eigenvalue weighted by Crippen LogP contribution is -2.43. The van der Waals surface area contributed by atoms with Crippen LogP contribution in [0.15, 0.2) is 18.2 Å². The molecule has 0 amide bonds. The van der Waals surface area contributed by atoms with Crippen LogP contribution in [0.25, 0.3) is 0 Å². The van der Waals surface area contributed by atoms with Gasteiger partial charge in [0.25, 0.3) is 0 Å². The van der Waals surface area contributed by atoms with Gasteiger partial charge in [0.1, 0.15) is 5.82 Å². The van der Waals surface area contributed by atoms with Crippen molar-refractivity contribution in [3.63, 3.8) is 0 Å². The van der Waals surface area contributed by atoms with Gasteiger partial charge in [-0.3, -0.25) is 0 Å². The number of hydrogen-bond acceptors (Lipinski definition) is 2. The predicted molar refractivity (Wildman–Crippen MR) is 71.4 cm³/mol. The van der Waals surface area contributed by atoms with Crippen LogP contribution < -0.4 is 0 Å². The lowest BCUT2D eigenvalue weighted by atomic mass is 9.90. The van der Waals surface area contributed by atoms with Crippen LogP contribution >= 0.6 is 11.6 Å². The quantitative estimate of drug-likeness (QED) is 0.859. The topological polar surface area (TPSA) is 29.5 Å². The van der Waals surface area contributed by atoms with Gasteiger partial charge in [0.05, 0.1) is 11.7 Å². The fraction of sp³-hybridized carbons (Fsp3) is 0.571. The molecule has 0 heterocycles. The monoisotopic (exact) mass is 274 g/mol. The van der Waals surface area contributed by atoms with Gasteiger partial charge in [0, 0.05) is 18.1 Å². The van der Waals surface area contributed by atoms with Crippen LogP contribution in [0.5, 0.6) is 0 Å². The molecule has 0 fully saturated rings. The van der Waals surface area contributed by atoms with Crippen molar-refractivity contribution in [2.75, 3.05) is 6.61 Å². The van der Waals surface area contributed by atoms with Crippen molar-refractivity contribution < 1.29 is 14.2 Å². The molecule has 0 saturated heterocycles. The first-order valence-corrected chi connectivity index (χ1v) is 6.56. The number of aliphatic hydroxyl groups is 1. The van der Waals surface area contributed by atoms with Crippen molar-refractivity contribution in [2.45, 2.75) is 45.3 Å². The highest BCUT2D eigenvalue weighted by molar-refractivity contribution is 6.31. The largest absolute Gasteiger partial charge is 0.390 e. The zero-order valence-corrected chi connectivity index (χ0v) is 11.8. The highest BCUT2D eigenvalue weighted by Gasteiger charge is 2.32. The second-order valence-electron chi connectivity index (χ2n) is 4.55. The van der Waals surface area contributed by atoms with E-state index in [0.717, 1.165) is 0 Å². The SMILES string of the molecule is CCOC(C)(CC)C(O)Cc1cc(F)ccc1Cl. The van der Waals surface area contributed by atoms with Gasteiger partial charge in [-0.05, 0) is 44.0 Å². The lowest BCUT2D eigenvalue weighted by molar-refractivity contribution is -0.110. The summed E-state index contributed by atoms with van der Waals surface area (Å²) in [5, 5.41) is 10.7. The van der Waals surface area contributed by atoms with Gasteiger partial charge >= 0.3 is 0 Å². The number of ether oxygens (including phenoxy) is 1. The molecule has 2 unspecified atom stereocenters. The lowest BCUT2D eigenvalue weighted by Gasteiger charge is -2.33. The molecular formula is C14H20ClFO2. The van der Waals surface area contributed by atoms with Crippen molar-refractivity contribution in [2.24, 2.45) is 0 Å². The van der Waals surface area contributed by atoms with E-state index in [9.17, 15) is 9.50 Å². The number of aliphatic hydroxyl groups excluding tert-OH is 1. The number of rotatable bonds is 6. The summed E-state index contributed by atoms with van der Waals surface area (Å²) in [4.78, 5) is 0. The summed E-state index contributed by atoms with van der Waals surface area (Å²) in [7, 11) is 0. The molecule has 102 valence electrons. The molecule has 0 aliphatic carbocycles. The van der Waals surface area contributed by atoms with Crippen molar-refractivity contribution in [3.05, 3.63) is 34.6 Å². The van der Waals surface area contributed by atoms with Gasteiger partial charge in [0.2, 0.25) is 0 Å². The predicted octanol–water partition coefficient (Wildman–Crippen LogP) is 3.59. The van der Waals surface area contributed by atoms with Crippen molar-refractivity contribution in [3.8, 4) is 0 Å². The zero-order valence-electron chi connectivity index (χ0n) is 11.0. The Morgan fingerprint density at radius 3 is 2.67 bits per heavy atom. The van der Waals surface area contributed by atoms with E-state index < -0.39 is 11.7 Å². The Kier molecular flexibility index (Phi) is 5.57. The van der Waals surface area contributed by atoms with E-state index in [2.05, 4.69) is 0 Å². The van der Waals surface area contributed by atoms with Gasteiger partial charge < -0.3 is 9.84 Å². The van der Waals surface area contributed by atoms with E-state index in [0.29, 0.717) is 23.6 Å². The van der Waals surface area contributed by atoms with E-state index in [1.54, 1.807) is 0 Å². The maximum Gasteiger partial charge on any atom is 0.123 e. The second-order valence-corrected chi connectivity index (χ2v) is 4.96. The van der Waals surface area contributed by atoms with Gasteiger partial charge in [-0.15, -0.1) is 0 Å². The van der Waals surface area contributed by atoms with Gasteiger partial charge in [-0.1, -0.05) is 18.5 Å². The molecule has 0 aliphatic heterocycles. The number of hydrogen-bond donors (Lipinski definition) is 1. The van der Waals surface area contributed by atoms with Crippen LogP contribution in [0.2, 0.25) is 5.02 Å². The summed E-state index contributed by atoms with van der Waals surface area (Å²) in [5.74, 6) is -0.351. The summed E-state index contributed by atoms with van der Waals surface area (Å²) in [6.07, 6.45) is 0.234. The Morgan fingerprint density at radius 1 is 1.44 bits per heavy atom. The normalized spacial score (nSPS) is 16.3. The smallest absolute Gasteiger partial charge is 0.123 e. The molecule has 2 atom stereocenters. The summed E-state index contributed by atoms with van der Waals surface area (Å²) in [5.41, 5.74) is -0.0340. The third-order valence-corrected chi connectivity index (χ3v) is 3.67. The molecular weight excluding hydrogens is 255 g/mol. The molecule has 2 nitrogen and oxygen atoms in total. The Balaban J connectivity index is 2.85. The highest BCUT2D eigenvalue weighted by Crippen LogP contribution is 2.26. The molecule has 1 aromatic carbocycles. The second kappa shape index (κ2) is 6.50. The van der Waals surface area contributed by atoms with Gasteiger partial charge in [0.15, 0.2) is 0 Å². The van der Waals surface area contributed by atoms with Crippen LogP contribution in [0.3, 0.4) is 0 Å². The standard InChI is InChI=1S/C14H20ClFO2/c1-4-14(3,18-5-2)13(17)9-10-8-11(16)6-7-12(10)15/h6-8,13,17H,4-5,9H2,1-3H3. The van der Waals surface area contributed by atoms with Crippen LogP contribution in [0, 0.1) is 5.82 Å². The molecule has 0 aromatic heterocycles. The maximum absolute atomic E-state index is 13.2. The molecule has 0 spiro atoms. The van der Waals surface area contributed by atoms with Gasteiger partial charge in [-0.25, -0.2) is 4.39 Å². The minimum Gasteiger partial charge on any atom is -0.390 e. The summed E-state index contributed by atoms with van der Waals surface area (Å²) < 4.78 is 18.7. The van der Waals surface area contributed by atoms with Crippen molar-refractivity contribution in [1.82, 2.24) is 0 Å². The first kappa shape index (κ1) is 15.4. The van der Waals surface area contributed by atoms with E-state index in [4.69, 9.17) is 16.3 Å². The minimum atomic E-state index is -0.721. The minimum absolute atomic E-state index is 0.279. The van der Waals surface area contributed by atoms with Crippen LogP contribution in [0.1, 0.15) is 32.8 Å². The fourth-order valence-electron chi connectivity index (χ4n) is 1.89. The molecule has 18 heavy (non-hydrogen) atoms. The molecule has 0 saturated carbocycles. The summed E-state index contributed by atoms with van der Waals surface area (Å²) in [6.45, 7) is 6.22. The third kappa shape index (κ3) is 3.67. The van der Waals surface area contributed by atoms with Crippen LogP contribution in [-0.4, -0.2) is 23.4 Å². The van der Waals surface area contributed by atoms with Crippen LogP contribution in [0.4, 0.5) is 4.39 Å². The maximum atomic E-state index is 13.2. The van der Waals surface area contributed by atoms with Crippen molar-refractivity contribution >= 4 is 11.6 Å². The first-order valence-electron chi connectivity index (χ1n) is 6.19. The Hall–Kier alpha value is -0.640. The molecule has 1 rings (SSSR count). The Morgan fingerprint density at radius 2 is 2.11 bits per heavy atom. The highest BCUT2D eigenvalue weighted by atomic mass is 35.5. The zero-order chi connectivity index (χ0) is 13.8. The number of benzene rings is 1. The van der Waals surface area contributed by atoms with E-state index in [1.165, 1.54) is 18.2 Å². The third-order valence-electron chi connectivity index (χ3n) is 3.30. The Labute approximate surface area is 113 Å². The fourth-order valence-corrected chi connectivity index (χ4v) is 2.08. The van der Waals surface area contributed by atoms with Gasteiger partial charge in [-0.2, -0.15) is 0 Å². The molecule has 0 bridgehead atoms. The summed E-state index contributed by atoms with van der Waals surface area (Å²) >= 11 is 5.99. The Bertz CT molecular complexity index is 397. The van der Waals surface area contributed by atoms with E-state index >= 15 is 0 Å². The average molecular weight is 275 g/mol. The first-order chi connectivity index (χ1) is 8.42. The number of halogens is 2. The average Bonchev–Trinajstić information content (AvgIpc) is 2.34. The molecule has 0 aliphatic rings. The molecule has 0 radical (unpaired) electrons. The van der Waals surface area contributed by atoms with E-state index in [1.807, 2.05) is 20.8 Å². The van der Waals surface area contributed by atoms with Crippen molar-refractivity contribution in [1.29, 1.82) is 0 Å². The van der Waals surface area contributed by atoms with Crippen LogP contribution in [-0.2, 0) is 11.2 Å². The molecule has 4 heteroatoms. The van der Waals surface area contributed by atoms with E-state index in [-0.39, 0.29) is 12.2 Å². The summed E-state index contributed by atoms with van der Waals surface area (Å²) in [6, 6.07) is 4.16. The molecule has 1 aromatic rings.